The molecule has 0 bridgehead atoms. The van der Waals surface area contributed by atoms with Crippen LogP contribution >= 0.6 is 0 Å². The zero-order valence-corrected chi connectivity index (χ0v) is 14.2. The number of hydrogen-bond donors (Lipinski definition) is 2. The summed E-state index contributed by atoms with van der Waals surface area (Å²) in [7, 11) is 3.54. The van der Waals surface area contributed by atoms with Crippen molar-refractivity contribution in [3.63, 3.8) is 0 Å². The van der Waals surface area contributed by atoms with Crippen molar-refractivity contribution in [1.29, 1.82) is 0 Å². The third kappa shape index (κ3) is 7.78. The average Bonchev–Trinajstić information content (AvgIpc) is 3.16. The molecule has 0 spiro atoms. The van der Waals surface area contributed by atoms with E-state index in [0.29, 0.717) is 18.5 Å². The van der Waals surface area contributed by atoms with Crippen molar-refractivity contribution in [1.82, 2.24) is 15.5 Å². The first kappa shape index (κ1) is 17.6. The van der Waals surface area contributed by atoms with Gasteiger partial charge in [0.15, 0.2) is 5.96 Å². The average molecular weight is 298 g/mol. The Hall–Kier alpha value is -1.46. The highest BCUT2D eigenvalue weighted by atomic mass is 16.6. The van der Waals surface area contributed by atoms with Gasteiger partial charge < -0.3 is 20.3 Å². The van der Waals surface area contributed by atoms with Crippen molar-refractivity contribution in [2.24, 2.45) is 10.9 Å². The van der Waals surface area contributed by atoms with E-state index in [9.17, 15) is 4.79 Å². The number of hydrogen-bond acceptors (Lipinski definition) is 3. The van der Waals surface area contributed by atoms with Crippen LogP contribution in [0.2, 0.25) is 0 Å². The molecule has 1 fully saturated rings. The predicted octanol–water partition coefficient (Wildman–Crippen LogP) is 1.82. The minimum Gasteiger partial charge on any atom is -0.444 e. The summed E-state index contributed by atoms with van der Waals surface area (Å²) in [6, 6.07) is 0.580. The highest BCUT2D eigenvalue weighted by Crippen LogP contribution is 2.18. The molecule has 0 saturated heterocycles. The molecule has 1 aliphatic carbocycles. The van der Waals surface area contributed by atoms with Crippen LogP contribution < -0.4 is 10.6 Å². The molecule has 2 N–H and O–H groups in total. The number of aliphatic imine (C=N–C) groups is 1. The second-order valence-corrected chi connectivity index (χ2v) is 6.84. The van der Waals surface area contributed by atoms with Crippen molar-refractivity contribution >= 4 is 12.1 Å². The zero-order chi connectivity index (χ0) is 16.0. The number of rotatable bonds is 5. The highest BCUT2D eigenvalue weighted by molar-refractivity contribution is 5.80. The van der Waals surface area contributed by atoms with Crippen LogP contribution in [-0.2, 0) is 4.74 Å². The summed E-state index contributed by atoms with van der Waals surface area (Å²) >= 11 is 0. The van der Waals surface area contributed by atoms with E-state index in [1.807, 2.05) is 20.8 Å². The van der Waals surface area contributed by atoms with Gasteiger partial charge in [-0.3, -0.25) is 4.99 Å². The molecular formula is C15H30N4O2. The van der Waals surface area contributed by atoms with E-state index < -0.39 is 5.60 Å². The molecule has 6 heteroatoms. The molecule has 6 nitrogen and oxygen atoms in total. The van der Waals surface area contributed by atoms with Crippen molar-refractivity contribution in [2.45, 2.75) is 52.2 Å². The molecule has 0 aromatic rings. The van der Waals surface area contributed by atoms with Crippen LogP contribution in [0.3, 0.4) is 0 Å². The van der Waals surface area contributed by atoms with Gasteiger partial charge in [-0.25, -0.2) is 4.79 Å². The third-order valence-corrected chi connectivity index (χ3v) is 3.05. The lowest BCUT2D eigenvalue weighted by atomic mass is 10.1. The third-order valence-electron chi connectivity index (χ3n) is 3.05. The fourth-order valence-corrected chi connectivity index (χ4v) is 1.83. The molecule has 0 aromatic heterocycles. The van der Waals surface area contributed by atoms with E-state index in [1.165, 1.54) is 12.8 Å². The number of guanidine groups is 1. The number of amides is 1. The minimum absolute atomic E-state index is 0.283. The maximum atomic E-state index is 11.9. The van der Waals surface area contributed by atoms with Crippen LogP contribution in [0.25, 0.3) is 0 Å². The summed E-state index contributed by atoms with van der Waals surface area (Å²) in [5.74, 6) is 1.14. The van der Waals surface area contributed by atoms with Gasteiger partial charge in [0.25, 0.3) is 0 Å². The second-order valence-electron chi connectivity index (χ2n) is 6.84. The van der Waals surface area contributed by atoms with E-state index in [1.54, 1.807) is 19.0 Å². The van der Waals surface area contributed by atoms with E-state index in [4.69, 9.17) is 4.74 Å². The zero-order valence-electron chi connectivity index (χ0n) is 14.2. The monoisotopic (exact) mass is 298 g/mol. The van der Waals surface area contributed by atoms with Gasteiger partial charge in [-0.15, -0.1) is 0 Å². The van der Waals surface area contributed by atoms with E-state index >= 15 is 0 Å². The first-order valence-electron chi connectivity index (χ1n) is 7.62. The van der Waals surface area contributed by atoms with Gasteiger partial charge >= 0.3 is 6.09 Å². The lowest BCUT2D eigenvalue weighted by molar-refractivity contribution is 0.0278. The normalized spacial score (nSPS) is 17.1. The Morgan fingerprint density at radius 1 is 1.43 bits per heavy atom. The largest absolute Gasteiger partial charge is 0.444 e. The summed E-state index contributed by atoms with van der Waals surface area (Å²) < 4.78 is 5.34. The molecular weight excluding hydrogens is 268 g/mol. The molecule has 1 saturated carbocycles. The van der Waals surface area contributed by atoms with Gasteiger partial charge in [0.1, 0.15) is 5.60 Å². The summed E-state index contributed by atoms with van der Waals surface area (Å²) in [6.45, 7) is 9.12. The Bertz CT molecular complexity index is 372. The molecule has 1 rings (SSSR count). The molecule has 0 radical (unpaired) electrons. The number of carbonyl (C=O) groups excluding carboxylic acids is 1. The second kappa shape index (κ2) is 7.52. The smallest absolute Gasteiger partial charge is 0.410 e. The predicted molar refractivity (Wildman–Crippen MR) is 85.5 cm³/mol. The van der Waals surface area contributed by atoms with Crippen molar-refractivity contribution < 1.29 is 9.53 Å². The molecule has 1 amide bonds. The van der Waals surface area contributed by atoms with Crippen LogP contribution in [0.1, 0.15) is 40.5 Å². The number of nitrogens with one attached hydrogen (secondary N) is 2. The van der Waals surface area contributed by atoms with E-state index in [2.05, 4.69) is 22.5 Å². The molecule has 1 unspecified atom stereocenters. The fourth-order valence-electron chi connectivity index (χ4n) is 1.83. The van der Waals surface area contributed by atoms with Gasteiger partial charge in [-0.1, -0.05) is 6.92 Å². The fraction of sp³-hybridized carbons (Fsp3) is 0.867. The topological polar surface area (TPSA) is 66.0 Å². The van der Waals surface area contributed by atoms with Gasteiger partial charge in [0, 0.05) is 33.2 Å². The quantitative estimate of drug-likeness (QED) is 0.600. The van der Waals surface area contributed by atoms with Gasteiger partial charge in [-0.2, -0.15) is 0 Å². The molecule has 0 aromatic carbocycles. The Kier molecular flexibility index (Phi) is 6.30. The van der Waals surface area contributed by atoms with Gasteiger partial charge in [0.05, 0.1) is 0 Å². The van der Waals surface area contributed by atoms with Crippen molar-refractivity contribution in [2.75, 3.05) is 27.2 Å². The standard InChI is InChI=1S/C15H30N4O2/c1-11(9-17-13(16-5)18-12-7-8-12)10-19(6)14(20)21-15(2,3)4/h11-12H,7-10H2,1-6H3,(H2,16,17,18). The molecule has 1 aliphatic rings. The summed E-state index contributed by atoms with van der Waals surface area (Å²) in [5.41, 5.74) is -0.455. The Morgan fingerprint density at radius 2 is 2.05 bits per heavy atom. The maximum absolute atomic E-state index is 11.9. The Morgan fingerprint density at radius 3 is 2.52 bits per heavy atom. The van der Waals surface area contributed by atoms with Crippen LogP contribution in [-0.4, -0.2) is 55.8 Å². The van der Waals surface area contributed by atoms with Crippen LogP contribution in [0.5, 0.6) is 0 Å². The number of carbonyl (C=O) groups is 1. The SMILES string of the molecule is CN=C(NCC(C)CN(C)C(=O)OC(C)(C)C)NC1CC1. The Balaban J connectivity index is 2.28. The van der Waals surface area contributed by atoms with Crippen molar-refractivity contribution in [3.05, 3.63) is 0 Å². The lowest BCUT2D eigenvalue weighted by Crippen LogP contribution is -2.43. The van der Waals surface area contributed by atoms with Crippen molar-refractivity contribution in [3.8, 4) is 0 Å². The molecule has 122 valence electrons. The first-order valence-corrected chi connectivity index (χ1v) is 7.62. The van der Waals surface area contributed by atoms with Crippen LogP contribution in [0.4, 0.5) is 4.79 Å². The van der Waals surface area contributed by atoms with Crippen LogP contribution in [0, 0.1) is 5.92 Å². The molecule has 0 heterocycles. The van der Waals surface area contributed by atoms with E-state index in [-0.39, 0.29) is 6.09 Å². The van der Waals surface area contributed by atoms with E-state index in [0.717, 1.165) is 12.5 Å². The lowest BCUT2D eigenvalue weighted by Gasteiger charge is -2.26. The molecule has 21 heavy (non-hydrogen) atoms. The highest BCUT2D eigenvalue weighted by Gasteiger charge is 2.23. The van der Waals surface area contributed by atoms with Crippen LogP contribution in [0.15, 0.2) is 4.99 Å². The first-order chi connectivity index (χ1) is 9.71. The number of ether oxygens (including phenoxy) is 1. The number of nitrogens with zero attached hydrogens (tertiary/aromatic N) is 2. The molecule has 1 atom stereocenters. The minimum atomic E-state index is -0.455. The maximum Gasteiger partial charge on any atom is 0.410 e. The Labute approximate surface area is 128 Å². The van der Waals surface area contributed by atoms with Gasteiger partial charge in [0.2, 0.25) is 0 Å². The summed E-state index contributed by atoms with van der Waals surface area (Å²) in [4.78, 5) is 17.7. The molecule has 0 aliphatic heterocycles. The summed E-state index contributed by atoms with van der Waals surface area (Å²) in [6.07, 6.45) is 2.16. The van der Waals surface area contributed by atoms with Gasteiger partial charge in [-0.05, 0) is 39.5 Å². The summed E-state index contributed by atoms with van der Waals surface area (Å²) in [5, 5.41) is 6.63.